The monoisotopic (exact) mass is 239 g/mol. The van der Waals surface area contributed by atoms with Crippen LogP contribution in [0.15, 0.2) is 18.2 Å². The van der Waals surface area contributed by atoms with Gasteiger partial charge in [0.25, 0.3) is 0 Å². The number of benzene rings is 1. The summed E-state index contributed by atoms with van der Waals surface area (Å²) in [5, 5.41) is 7.88. The lowest BCUT2D eigenvalue weighted by molar-refractivity contribution is 0.767. The standard InChI is InChI=1S/C12H18ClN3/c1-3-4-7-16(2)9-5-6-10(12(14)15)11(13)8-9/h5-6,8H,3-4,7H2,1-2H3,(H3,14,15). The van der Waals surface area contributed by atoms with Crippen molar-refractivity contribution in [3.05, 3.63) is 28.8 Å². The number of nitrogen functional groups attached to an aromatic ring is 1. The molecule has 0 radical (unpaired) electrons. The fourth-order valence-electron chi connectivity index (χ4n) is 1.48. The first-order valence-corrected chi connectivity index (χ1v) is 5.79. The Morgan fingerprint density at radius 2 is 2.19 bits per heavy atom. The van der Waals surface area contributed by atoms with Gasteiger partial charge < -0.3 is 10.6 Å². The molecule has 0 atom stereocenters. The van der Waals surface area contributed by atoms with Gasteiger partial charge in [-0.2, -0.15) is 0 Å². The molecule has 0 saturated heterocycles. The van der Waals surface area contributed by atoms with Crippen molar-refractivity contribution in [3.8, 4) is 0 Å². The Kier molecular flexibility index (Phi) is 4.62. The van der Waals surface area contributed by atoms with Gasteiger partial charge in [-0.1, -0.05) is 24.9 Å². The van der Waals surface area contributed by atoms with E-state index in [4.69, 9.17) is 22.7 Å². The molecular formula is C12H18ClN3. The van der Waals surface area contributed by atoms with Crippen LogP contribution in [0.4, 0.5) is 5.69 Å². The SMILES string of the molecule is CCCCN(C)c1ccc(C(=N)N)c(Cl)c1. The van der Waals surface area contributed by atoms with E-state index in [0.717, 1.165) is 18.7 Å². The molecule has 16 heavy (non-hydrogen) atoms. The van der Waals surface area contributed by atoms with Gasteiger partial charge in [-0.3, -0.25) is 5.41 Å². The Morgan fingerprint density at radius 3 is 2.69 bits per heavy atom. The second-order valence-corrected chi connectivity index (χ2v) is 4.26. The molecule has 0 bridgehead atoms. The van der Waals surface area contributed by atoms with Crippen LogP contribution in [0.2, 0.25) is 5.02 Å². The average Bonchev–Trinajstić information content (AvgIpc) is 2.25. The smallest absolute Gasteiger partial charge is 0.124 e. The third kappa shape index (κ3) is 3.14. The van der Waals surface area contributed by atoms with Gasteiger partial charge in [-0.15, -0.1) is 0 Å². The summed E-state index contributed by atoms with van der Waals surface area (Å²) in [7, 11) is 2.04. The Labute approximate surface area is 102 Å². The molecule has 0 spiro atoms. The number of unbranched alkanes of at least 4 members (excludes halogenated alkanes) is 1. The highest BCUT2D eigenvalue weighted by atomic mass is 35.5. The zero-order valence-corrected chi connectivity index (χ0v) is 10.5. The highest BCUT2D eigenvalue weighted by Crippen LogP contribution is 2.22. The van der Waals surface area contributed by atoms with Gasteiger partial charge in [0, 0.05) is 24.8 Å². The lowest BCUT2D eigenvalue weighted by Crippen LogP contribution is -2.19. The third-order valence-corrected chi connectivity index (χ3v) is 2.84. The van der Waals surface area contributed by atoms with Crippen LogP contribution in [0, 0.1) is 5.41 Å². The van der Waals surface area contributed by atoms with E-state index in [9.17, 15) is 0 Å². The van der Waals surface area contributed by atoms with E-state index in [0.29, 0.717) is 10.6 Å². The molecule has 0 amide bonds. The minimum atomic E-state index is 0.00719. The number of rotatable bonds is 5. The Balaban J connectivity index is 2.84. The number of hydrogen-bond acceptors (Lipinski definition) is 2. The van der Waals surface area contributed by atoms with Gasteiger partial charge >= 0.3 is 0 Å². The van der Waals surface area contributed by atoms with Gasteiger partial charge in [0.2, 0.25) is 0 Å². The summed E-state index contributed by atoms with van der Waals surface area (Å²) in [6.45, 7) is 3.17. The first-order valence-electron chi connectivity index (χ1n) is 5.41. The van der Waals surface area contributed by atoms with Crippen LogP contribution in [0.1, 0.15) is 25.3 Å². The van der Waals surface area contributed by atoms with Crippen LogP contribution >= 0.6 is 11.6 Å². The van der Waals surface area contributed by atoms with Crippen LogP contribution in [-0.2, 0) is 0 Å². The molecule has 1 aromatic carbocycles. The molecule has 88 valence electrons. The van der Waals surface area contributed by atoms with Crippen LogP contribution in [-0.4, -0.2) is 19.4 Å². The fraction of sp³-hybridized carbons (Fsp3) is 0.417. The van der Waals surface area contributed by atoms with Crippen LogP contribution < -0.4 is 10.6 Å². The van der Waals surface area contributed by atoms with E-state index in [1.807, 2.05) is 19.2 Å². The number of hydrogen-bond donors (Lipinski definition) is 2. The molecule has 3 N–H and O–H groups in total. The molecule has 0 unspecified atom stereocenters. The summed E-state index contributed by atoms with van der Waals surface area (Å²) >= 11 is 6.05. The minimum absolute atomic E-state index is 0.00719. The molecule has 0 saturated carbocycles. The largest absolute Gasteiger partial charge is 0.384 e. The minimum Gasteiger partial charge on any atom is -0.384 e. The molecule has 0 aliphatic heterocycles. The van der Waals surface area contributed by atoms with Gasteiger partial charge in [0.05, 0.1) is 5.02 Å². The van der Waals surface area contributed by atoms with E-state index in [1.54, 1.807) is 6.07 Å². The molecule has 1 aromatic rings. The topological polar surface area (TPSA) is 53.1 Å². The number of nitrogens with zero attached hydrogens (tertiary/aromatic N) is 1. The normalized spacial score (nSPS) is 10.2. The summed E-state index contributed by atoms with van der Waals surface area (Å²) in [6, 6.07) is 5.59. The summed E-state index contributed by atoms with van der Waals surface area (Å²) in [5.74, 6) is 0.00719. The Morgan fingerprint density at radius 1 is 1.50 bits per heavy atom. The van der Waals surface area contributed by atoms with Crippen LogP contribution in [0.5, 0.6) is 0 Å². The molecule has 0 fully saturated rings. The van der Waals surface area contributed by atoms with E-state index in [-0.39, 0.29) is 5.84 Å². The predicted molar refractivity (Wildman–Crippen MR) is 70.6 cm³/mol. The lowest BCUT2D eigenvalue weighted by Gasteiger charge is -2.19. The fourth-order valence-corrected chi connectivity index (χ4v) is 1.76. The van der Waals surface area contributed by atoms with Crippen molar-refractivity contribution in [2.45, 2.75) is 19.8 Å². The van der Waals surface area contributed by atoms with Crippen molar-refractivity contribution in [1.29, 1.82) is 5.41 Å². The van der Waals surface area contributed by atoms with Gasteiger partial charge in [-0.05, 0) is 24.6 Å². The van der Waals surface area contributed by atoms with Gasteiger partial charge in [0.1, 0.15) is 5.84 Å². The molecule has 0 aromatic heterocycles. The van der Waals surface area contributed by atoms with E-state index < -0.39 is 0 Å². The number of nitrogens with two attached hydrogens (primary N) is 1. The molecule has 0 heterocycles. The van der Waals surface area contributed by atoms with E-state index in [2.05, 4.69) is 11.8 Å². The second kappa shape index (κ2) is 5.75. The first-order chi connectivity index (χ1) is 7.56. The number of nitrogens with one attached hydrogen (secondary N) is 1. The van der Waals surface area contributed by atoms with Crippen molar-refractivity contribution in [2.24, 2.45) is 5.73 Å². The summed E-state index contributed by atoms with van der Waals surface area (Å²) in [4.78, 5) is 2.15. The van der Waals surface area contributed by atoms with Crippen molar-refractivity contribution in [2.75, 3.05) is 18.5 Å². The summed E-state index contributed by atoms with van der Waals surface area (Å²) in [6.07, 6.45) is 2.33. The van der Waals surface area contributed by atoms with Gasteiger partial charge in [0.15, 0.2) is 0 Å². The molecule has 3 nitrogen and oxygen atoms in total. The zero-order chi connectivity index (χ0) is 12.1. The maximum absolute atomic E-state index is 7.34. The van der Waals surface area contributed by atoms with Crippen molar-refractivity contribution < 1.29 is 0 Å². The average molecular weight is 240 g/mol. The number of amidine groups is 1. The highest BCUT2D eigenvalue weighted by Gasteiger charge is 2.06. The number of halogens is 1. The van der Waals surface area contributed by atoms with E-state index in [1.165, 1.54) is 6.42 Å². The summed E-state index contributed by atoms with van der Waals surface area (Å²) in [5.41, 5.74) is 7.06. The first kappa shape index (κ1) is 12.8. The highest BCUT2D eigenvalue weighted by molar-refractivity contribution is 6.34. The molecular weight excluding hydrogens is 222 g/mol. The molecule has 4 heteroatoms. The third-order valence-electron chi connectivity index (χ3n) is 2.53. The van der Waals surface area contributed by atoms with Crippen molar-refractivity contribution >= 4 is 23.1 Å². The summed E-state index contributed by atoms with van der Waals surface area (Å²) < 4.78 is 0. The van der Waals surface area contributed by atoms with Crippen LogP contribution in [0.25, 0.3) is 0 Å². The zero-order valence-electron chi connectivity index (χ0n) is 9.76. The molecule has 0 aliphatic carbocycles. The van der Waals surface area contributed by atoms with Crippen molar-refractivity contribution in [1.82, 2.24) is 0 Å². The van der Waals surface area contributed by atoms with E-state index >= 15 is 0 Å². The second-order valence-electron chi connectivity index (χ2n) is 3.85. The predicted octanol–water partition coefficient (Wildman–Crippen LogP) is 2.86. The van der Waals surface area contributed by atoms with Crippen LogP contribution in [0.3, 0.4) is 0 Å². The maximum Gasteiger partial charge on any atom is 0.124 e. The Hall–Kier alpha value is -1.22. The molecule has 0 aliphatic rings. The number of anilines is 1. The Bertz CT molecular complexity index is 377. The van der Waals surface area contributed by atoms with Gasteiger partial charge in [-0.25, -0.2) is 0 Å². The quantitative estimate of drug-likeness (QED) is 0.613. The van der Waals surface area contributed by atoms with Crippen molar-refractivity contribution in [3.63, 3.8) is 0 Å². The molecule has 1 rings (SSSR count). The maximum atomic E-state index is 7.34. The lowest BCUT2D eigenvalue weighted by atomic mass is 10.1.